The lowest BCUT2D eigenvalue weighted by Crippen LogP contribution is -2.26. The van der Waals surface area contributed by atoms with Crippen LogP contribution in [-0.2, 0) is 17.5 Å². The summed E-state index contributed by atoms with van der Waals surface area (Å²) in [5.74, 6) is -0.700. The fourth-order valence-corrected chi connectivity index (χ4v) is 2.39. The third kappa shape index (κ3) is 6.31. The summed E-state index contributed by atoms with van der Waals surface area (Å²) in [6.07, 6.45) is -3.06. The number of aryl methyl sites for hydroxylation is 1. The number of halogens is 3. The van der Waals surface area contributed by atoms with Crippen LogP contribution >= 0.6 is 0 Å². The van der Waals surface area contributed by atoms with Crippen molar-refractivity contribution in [3.05, 3.63) is 51.9 Å². The minimum absolute atomic E-state index is 0.0581. The minimum atomic E-state index is -4.59. The van der Waals surface area contributed by atoms with Crippen LogP contribution in [-0.4, -0.2) is 36.0 Å². The highest BCUT2D eigenvalue weighted by molar-refractivity contribution is 6.03. The number of alkyl halides is 3. The van der Waals surface area contributed by atoms with Crippen LogP contribution in [0.1, 0.15) is 35.8 Å². The van der Waals surface area contributed by atoms with Gasteiger partial charge in [0.25, 0.3) is 11.5 Å². The van der Waals surface area contributed by atoms with E-state index in [1.165, 1.54) is 19.2 Å². The lowest BCUT2D eigenvalue weighted by molar-refractivity contribution is -0.137. The third-order valence-corrected chi connectivity index (χ3v) is 3.92. The third-order valence-electron chi connectivity index (χ3n) is 3.92. The largest absolute Gasteiger partial charge is 0.489 e. The number of carbonyl (C=O) groups is 1. The van der Waals surface area contributed by atoms with Crippen molar-refractivity contribution in [2.24, 2.45) is 0 Å². The Hall–Kier alpha value is -2.88. The summed E-state index contributed by atoms with van der Waals surface area (Å²) in [5.41, 5.74) is -1.56. The number of hydrogen-bond acceptors (Lipinski definition) is 5. The van der Waals surface area contributed by atoms with Crippen molar-refractivity contribution < 1.29 is 27.4 Å². The van der Waals surface area contributed by atoms with Gasteiger partial charge in [-0.2, -0.15) is 18.3 Å². The number of unbranched alkanes of at least 4 members (excludes halogenated alkanes) is 1. The molecule has 7 nitrogen and oxygen atoms in total. The number of anilines is 1. The predicted octanol–water partition coefficient (Wildman–Crippen LogP) is 3.34. The molecule has 0 saturated carbocycles. The first-order chi connectivity index (χ1) is 13.8. The number of benzene rings is 1. The quantitative estimate of drug-likeness (QED) is 0.638. The molecule has 0 radical (unpaired) electrons. The minimum Gasteiger partial charge on any atom is -0.489 e. The van der Waals surface area contributed by atoms with Crippen molar-refractivity contribution in [2.45, 2.75) is 32.5 Å². The van der Waals surface area contributed by atoms with Crippen molar-refractivity contribution in [2.75, 3.05) is 25.6 Å². The summed E-state index contributed by atoms with van der Waals surface area (Å²) < 4.78 is 50.6. The Balaban J connectivity index is 2.30. The number of nitrogens with one attached hydrogen (secondary N) is 1. The molecule has 0 atom stereocenters. The number of aromatic nitrogens is 2. The van der Waals surface area contributed by atoms with Gasteiger partial charge in [-0.3, -0.25) is 9.59 Å². The highest BCUT2D eigenvalue weighted by Gasteiger charge is 2.31. The molecule has 0 bridgehead atoms. The van der Waals surface area contributed by atoms with Gasteiger partial charge in [-0.25, -0.2) is 4.68 Å². The first-order valence-corrected chi connectivity index (χ1v) is 8.98. The van der Waals surface area contributed by atoms with Gasteiger partial charge in [0.1, 0.15) is 18.1 Å². The molecule has 0 aliphatic heterocycles. The second-order valence-electron chi connectivity index (χ2n) is 6.14. The lowest BCUT2D eigenvalue weighted by Gasteiger charge is -2.15. The fraction of sp³-hybridized carbons (Fsp3) is 0.421. The van der Waals surface area contributed by atoms with Gasteiger partial charge in [-0.15, -0.1) is 0 Å². The van der Waals surface area contributed by atoms with E-state index in [4.69, 9.17) is 9.47 Å². The van der Waals surface area contributed by atoms with E-state index in [1.54, 1.807) is 0 Å². The summed E-state index contributed by atoms with van der Waals surface area (Å²) in [4.78, 5) is 24.4. The Morgan fingerprint density at radius 2 is 1.97 bits per heavy atom. The van der Waals surface area contributed by atoms with Gasteiger partial charge < -0.3 is 14.8 Å². The first kappa shape index (κ1) is 22.4. The first-order valence-electron chi connectivity index (χ1n) is 8.98. The van der Waals surface area contributed by atoms with E-state index in [2.05, 4.69) is 10.4 Å². The number of nitrogens with zero attached hydrogens (tertiary/aromatic N) is 2. The van der Waals surface area contributed by atoms with E-state index in [-0.39, 0.29) is 35.9 Å². The van der Waals surface area contributed by atoms with Crippen molar-refractivity contribution in [1.82, 2.24) is 9.78 Å². The van der Waals surface area contributed by atoms with Crippen LogP contribution in [0, 0.1) is 0 Å². The molecule has 1 aromatic heterocycles. The van der Waals surface area contributed by atoms with Gasteiger partial charge >= 0.3 is 6.18 Å². The molecule has 1 aromatic carbocycles. The van der Waals surface area contributed by atoms with Crippen LogP contribution in [0.15, 0.2) is 35.1 Å². The topological polar surface area (TPSA) is 82.5 Å². The van der Waals surface area contributed by atoms with Crippen LogP contribution in [0.2, 0.25) is 0 Å². The zero-order chi connectivity index (χ0) is 21.4. The van der Waals surface area contributed by atoms with E-state index in [1.807, 2.05) is 6.92 Å². The average Bonchev–Trinajstić information content (AvgIpc) is 2.67. The number of methoxy groups -OCH3 is 1. The standard InChI is InChI=1S/C19H22F3N3O4/c1-3-4-9-25-17(26)8-6-14(24-25)18(27)23-15-12-13(19(20,21)22)5-7-16(15)29-11-10-28-2/h5-8,12H,3-4,9-11H2,1-2H3,(H,23,27). The number of rotatable bonds is 9. The van der Waals surface area contributed by atoms with Gasteiger partial charge in [-0.05, 0) is 30.7 Å². The van der Waals surface area contributed by atoms with Gasteiger partial charge in [-0.1, -0.05) is 13.3 Å². The normalized spacial score (nSPS) is 11.3. The number of hydrogen-bond donors (Lipinski definition) is 1. The molecule has 0 saturated heterocycles. The van der Waals surface area contributed by atoms with Crippen molar-refractivity contribution in [1.29, 1.82) is 0 Å². The molecule has 0 unspecified atom stereocenters. The highest BCUT2D eigenvalue weighted by Crippen LogP contribution is 2.35. The number of amides is 1. The van der Waals surface area contributed by atoms with Crippen LogP contribution in [0.5, 0.6) is 5.75 Å². The smallest absolute Gasteiger partial charge is 0.416 e. The van der Waals surface area contributed by atoms with Crippen LogP contribution < -0.4 is 15.6 Å². The average molecular weight is 413 g/mol. The predicted molar refractivity (Wildman–Crippen MR) is 100 cm³/mol. The molecule has 2 aromatic rings. The van der Waals surface area contributed by atoms with Crippen LogP contribution in [0.25, 0.3) is 0 Å². The molecule has 1 amide bonds. The maximum Gasteiger partial charge on any atom is 0.416 e. The van der Waals surface area contributed by atoms with Gasteiger partial charge in [0.2, 0.25) is 0 Å². The molecule has 2 rings (SSSR count). The number of ether oxygens (including phenoxy) is 2. The maximum atomic E-state index is 13.1. The van der Waals surface area contributed by atoms with E-state index < -0.39 is 17.6 Å². The zero-order valence-corrected chi connectivity index (χ0v) is 16.1. The Bertz CT molecular complexity index is 897. The van der Waals surface area contributed by atoms with E-state index in [0.29, 0.717) is 13.0 Å². The van der Waals surface area contributed by atoms with Gasteiger partial charge in [0.05, 0.1) is 17.9 Å². The second kappa shape index (κ2) is 10.1. The molecule has 0 aliphatic carbocycles. The second-order valence-corrected chi connectivity index (χ2v) is 6.14. The number of carbonyl (C=O) groups excluding carboxylic acids is 1. The molecule has 0 aliphatic rings. The van der Waals surface area contributed by atoms with Gasteiger partial charge in [0, 0.05) is 19.7 Å². The summed E-state index contributed by atoms with van der Waals surface area (Å²) in [7, 11) is 1.46. The van der Waals surface area contributed by atoms with Crippen molar-refractivity contribution in [3.63, 3.8) is 0 Å². The Labute approximate surface area is 165 Å². The lowest BCUT2D eigenvalue weighted by atomic mass is 10.1. The molecule has 1 N–H and O–H groups in total. The molecule has 29 heavy (non-hydrogen) atoms. The molecular formula is C19H22F3N3O4. The zero-order valence-electron chi connectivity index (χ0n) is 16.1. The molecule has 0 spiro atoms. The van der Waals surface area contributed by atoms with Crippen LogP contribution in [0.3, 0.4) is 0 Å². The monoisotopic (exact) mass is 413 g/mol. The summed E-state index contributed by atoms with van der Waals surface area (Å²) >= 11 is 0. The van der Waals surface area contributed by atoms with E-state index >= 15 is 0 Å². The van der Waals surface area contributed by atoms with Crippen LogP contribution in [0.4, 0.5) is 18.9 Å². The summed E-state index contributed by atoms with van der Waals surface area (Å²) in [6, 6.07) is 5.19. The molecule has 1 heterocycles. The Morgan fingerprint density at radius 3 is 2.62 bits per heavy atom. The van der Waals surface area contributed by atoms with Gasteiger partial charge in [0.15, 0.2) is 0 Å². The van der Waals surface area contributed by atoms with Crippen molar-refractivity contribution in [3.8, 4) is 5.75 Å². The SMILES string of the molecule is CCCCn1nc(C(=O)Nc2cc(C(F)(F)F)ccc2OCCOC)ccc1=O. The summed E-state index contributed by atoms with van der Waals surface area (Å²) in [5, 5.41) is 6.38. The molecule has 0 fully saturated rings. The molecule has 158 valence electrons. The Morgan fingerprint density at radius 1 is 1.21 bits per heavy atom. The summed E-state index contributed by atoms with van der Waals surface area (Å²) in [6.45, 7) is 2.59. The maximum absolute atomic E-state index is 13.1. The van der Waals surface area contributed by atoms with E-state index in [9.17, 15) is 22.8 Å². The molecular weight excluding hydrogens is 391 g/mol. The Kier molecular flexibility index (Phi) is 7.77. The molecule has 10 heteroatoms. The van der Waals surface area contributed by atoms with E-state index in [0.717, 1.165) is 29.3 Å². The van der Waals surface area contributed by atoms with Crippen molar-refractivity contribution >= 4 is 11.6 Å². The fourth-order valence-electron chi connectivity index (χ4n) is 2.39. The highest BCUT2D eigenvalue weighted by atomic mass is 19.4.